The van der Waals surface area contributed by atoms with Crippen molar-refractivity contribution in [2.75, 3.05) is 11.9 Å². The molecule has 2 heterocycles. The van der Waals surface area contributed by atoms with Gasteiger partial charge in [-0.2, -0.15) is 4.98 Å². The fourth-order valence-electron chi connectivity index (χ4n) is 2.35. The summed E-state index contributed by atoms with van der Waals surface area (Å²) in [6, 6.07) is 9.55. The van der Waals surface area contributed by atoms with E-state index in [1.54, 1.807) is 0 Å². The van der Waals surface area contributed by atoms with E-state index in [1.807, 2.05) is 49.6 Å². The zero-order valence-electron chi connectivity index (χ0n) is 15.0. The molecule has 3 aromatic rings. The highest BCUT2D eigenvalue weighted by Crippen LogP contribution is 2.21. The van der Waals surface area contributed by atoms with Gasteiger partial charge in [0.05, 0.1) is 11.3 Å². The van der Waals surface area contributed by atoms with Gasteiger partial charge in [-0.15, -0.1) is 11.3 Å². The van der Waals surface area contributed by atoms with E-state index in [4.69, 9.17) is 9.26 Å². The van der Waals surface area contributed by atoms with Crippen molar-refractivity contribution in [1.29, 1.82) is 0 Å². The van der Waals surface area contributed by atoms with E-state index in [2.05, 4.69) is 15.5 Å². The van der Waals surface area contributed by atoms with Gasteiger partial charge in [0, 0.05) is 12.1 Å². The summed E-state index contributed by atoms with van der Waals surface area (Å²) in [4.78, 5) is 28.9. The molecule has 0 saturated carbocycles. The molecule has 0 aliphatic rings. The number of aryl methyl sites for hydroxylation is 3. The number of carbonyl (C=O) groups excluding carboxylic acids is 2. The Morgan fingerprint density at radius 3 is 2.89 bits per heavy atom. The number of esters is 1. The third-order valence-corrected chi connectivity index (χ3v) is 4.65. The molecule has 140 valence electrons. The number of benzene rings is 1. The summed E-state index contributed by atoms with van der Waals surface area (Å²) in [6.07, 6.45) is 0.318. The number of aromatic nitrogens is 2. The Labute approximate surface area is 160 Å². The Hall–Kier alpha value is -3.00. The van der Waals surface area contributed by atoms with Crippen molar-refractivity contribution in [2.24, 2.45) is 0 Å². The van der Waals surface area contributed by atoms with Crippen LogP contribution in [0.25, 0.3) is 10.7 Å². The Morgan fingerprint density at radius 2 is 2.11 bits per heavy atom. The third-order valence-electron chi connectivity index (χ3n) is 3.78. The van der Waals surface area contributed by atoms with E-state index in [1.165, 1.54) is 11.3 Å². The van der Waals surface area contributed by atoms with E-state index in [-0.39, 0.29) is 25.4 Å². The lowest BCUT2D eigenvalue weighted by Gasteiger charge is -2.09. The van der Waals surface area contributed by atoms with Crippen LogP contribution in [0.3, 0.4) is 0 Å². The molecule has 3 rings (SSSR count). The van der Waals surface area contributed by atoms with Gasteiger partial charge in [-0.05, 0) is 42.5 Å². The molecule has 1 N–H and O–H groups in total. The summed E-state index contributed by atoms with van der Waals surface area (Å²) in [6.45, 7) is 3.50. The predicted octanol–water partition coefficient (Wildman–Crippen LogP) is 3.53. The number of thiophene rings is 1. The number of hydrogen-bond donors (Lipinski definition) is 1. The molecule has 0 radical (unpaired) electrons. The highest BCUT2D eigenvalue weighted by atomic mass is 32.1. The Balaban J connectivity index is 1.43. The SMILES string of the molecule is Cc1ccc(C)c(NC(=O)COC(=O)CCc2nc(-c3cccs3)no2)c1. The van der Waals surface area contributed by atoms with Crippen LogP contribution in [0.15, 0.2) is 40.2 Å². The topological polar surface area (TPSA) is 94.3 Å². The number of anilines is 1. The van der Waals surface area contributed by atoms with Gasteiger partial charge in [-0.3, -0.25) is 9.59 Å². The van der Waals surface area contributed by atoms with Gasteiger partial charge in [-0.1, -0.05) is 23.4 Å². The number of carbonyl (C=O) groups is 2. The summed E-state index contributed by atoms with van der Waals surface area (Å²) < 4.78 is 10.1. The van der Waals surface area contributed by atoms with Crippen molar-refractivity contribution >= 4 is 28.9 Å². The van der Waals surface area contributed by atoms with Crippen LogP contribution in [-0.4, -0.2) is 28.6 Å². The monoisotopic (exact) mass is 385 g/mol. The molecule has 2 aromatic heterocycles. The molecule has 0 spiro atoms. The summed E-state index contributed by atoms with van der Waals surface area (Å²) in [5, 5.41) is 8.55. The van der Waals surface area contributed by atoms with Gasteiger partial charge in [0.1, 0.15) is 0 Å². The fraction of sp³-hybridized carbons (Fsp3) is 0.263. The largest absolute Gasteiger partial charge is 0.456 e. The van der Waals surface area contributed by atoms with Crippen molar-refractivity contribution in [3.63, 3.8) is 0 Å². The van der Waals surface area contributed by atoms with E-state index in [9.17, 15) is 9.59 Å². The molecule has 0 fully saturated rings. The van der Waals surface area contributed by atoms with Crippen molar-refractivity contribution in [2.45, 2.75) is 26.7 Å². The van der Waals surface area contributed by atoms with Crippen LogP contribution in [0.4, 0.5) is 5.69 Å². The summed E-state index contributed by atoms with van der Waals surface area (Å²) in [7, 11) is 0. The fourth-order valence-corrected chi connectivity index (χ4v) is 3.00. The maximum Gasteiger partial charge on any atom is 0.306 e. The molecule has 0 bridgehead atoms. The van der Waals surface area contributed by atoms with Gasteiger partial charge in [0.25, 0.3) is 5.91 Å². The summed E-state index contributed by atoms with van der Waals surface area (Å²) >= 11 is 1.51. The highest BCUT2D eigenvalue weighted by molar-refractivity contribution is 7.13. The number of hydrogen-bond acceptors (Lipinski definition) is 7. The second-order valence-electron chi connectivity index (χ2n) is 6.02. The van der Waals surface area contributed by atoms with Crippen LogP contribution in [-0.2, 0) is 20.7 Å². The van der Waals surface area contributed by atoms with Crippen LogP contribution in [0.1, 0.15) is 23.4 Å². The van der Waals surface area contributed by atoms with E-state index in [0.29, 0.717) is 17.4 Å². The van der Waals surface area contributed by atoms with Gasteiger partial charge in [0.2, 0.25) is 11.7 Å². The first-order valence-electron chi connectivity index (χ1n) is 8.40. The minimum atomic E-state index is -0.498. The molecule has 8 heteroatoms. The second-order valence-corrected chi connectivity index (χ2v) is 6.96. The summed E-state index contributed by atoms with van der Waals surface area (Å²) in [5.74, 6) is -0.0201. The van der Waals surface area contributed by atoms with Crippen LogP contribution < -0.4 is 5.32 Å². The molecule has 1 aromatic carbocycles. The zero-order valence-corrected chi connectivity index (χ0v) is 15.8. The van der Waals surface area contributed by atoms with Crippen LogP contribution in [0.5, 0.6) is 0 Å². The Kier molecular flexibility index (Phi) is 5.97. The van der Waals surface area contributed by atoms with Gasteiger partial charge >= 0.3 is 5.97 Å². The van der Waals surface area contributed by atoms with Gasteiger partial charge in [-0.25, -0.2) is 0 Å². The number of ether oxygens (including phenoxy) is 1. The highest BCUT2D eigenvalue weighted by Gasteiger charge is 2.13. The average Bonchev–Trinajstić information content (AvgIpc) is 3.32. The molecule has 1 amide bonds. The lowest BCUT2D eigenvalue weighted by Crippen LogP contribution is -2.21. The smallest absolute Gasteiger partial charge is 0.306 e. The quantitative estimate of drug-likeness (QED) is 0.625. The maximum absolute atomic E-state index is 12.0. The van der Waals surface area contributed by atoms with Gasteiger partial charge in [0.15, 0.2) is 6.61 Å². The van der Waals surface area contributed by atoms with Crippen molar-refractivity contribution in [1.82, 2.24) is 10.1 Å². The average molecular weight is 385 g/mol. The number of nitrogens with one attached hydrogen (secondary N) is 1. The molecule has 0 unspecified atom stereocenters. The second kappa shape index (κ2) is 8.59. The molecule has 27 heavy (non-hydrogen) atoms. The van der Waals surface area contributed by atoms with Crippen LogP contribution in [0, 0.1) is 13.8 Å². The van der Waals surface area contributed by atoms with Gasteiger partial charge < -0.3 is 14.6 Å². The number of nitrogens with zero attached hydrogens (tertiary/aromatic N) is 2. The molecule has 0 saturated heterocycles. The first kappa shape index (κ1) is 18.8. The predicted molar refractivity (Wildman–Crippen MR) is 101 cm³/mol. The van der Waals surface area contributed by atoms with E-state index >= 15 is 0 Å². The first-order valence-corrected chi connectivity index (χ1v) is 9.28. The van der Waals surface area contributed by atoms with E-state index in [0.717, 1.165) is 16.0 Å². The lowest BCUT2D eigenvalue weighted by atomic mass is 10.1. The Bertz CT molecular complexity index is 934. The molecular formula is C19H19N3O4S. The Morgan fingerprint density at radius 1 is 1.26 bits per heavy atom. The molecule has 0 atom stereocenters. The minimum Gasteiger partial charge on any atom is -0.456 e. The molecular weight excluding hydrogens is 366 g/mol. The normalized spacial score (nSPS) is 10.6. The minimum absolute atomic E-state index is 0.0584. The van der Waals surface area contributed by atoms with Crippen molar-refractivity contribution in [3.05, 3.63) is 52.7 Å². The van der Waals surface area contributed by atoms with Crippen molar-refractivity contribution in [3.8, 4) is 10.7 Å². The van der Waals surface area contributed by atoms with Crippen LogP contribution >= 0.6 is 11.3 Å². The first-order chi connectivity index (χ1) is 13.0. The van der Waals surface area contributed by atoms with Crippen molar-refractivity contribution < 1.29 is 18.8 Å². The third kappa shape index (κ3) is 5.24. The van der Waals surface area contributed by atoms with Crippen LogP contribution in [0.2, 0.25) is 0 Å². The van der Waals surface area contributed by atoms with E-state index < -0.39 is 5.97 Å². The zero-order chi connectivity index (χ0) is 19.2. The molecule has 0 aliphatic heterocycles. The maximum atomic E-state index is 12.0. The summed E-state index contributed by atoms with van der Waals surface area (Å²) in [5.41, 5.74) is 2.69. The standard InChI is InChI=1S/C19H19N3O4S/c1-12-5-6-13(2)14(10-12)20-16(23)11-25-18(24)8-7-17-21-19(22-26-17)15-4-3-9-27-15/h3-6,9-10H,7-8,11H2,1-2H3,(H,20,23). The molecule has 7 nitrogen and oxygen atoms in total. The molecule has 0 aliphatic carbocycles. The number of rotatable bonds is 7. The number of amides is 1. The lowest BCUT2D eigenvalue weighted by molar-refractivity contribution is -0.147.